The van der Waals surface area contributed by atoms with Crippen LogP contribution in [0.1, 0.15) is 25.8 Å². The highest BCUT2D eigenvalue weighted by molar-refractivity contribution is 5.83. The van der Waals surface area contributed by atoms with Crippen LogP contribution in [0.2, 0.25) is 0 Å². The van der Waals surface area contributed by atoms with Gasteiger partial charge in [-0.1, -0.05) is 26.0 Å². The number of carbonyl (C=O) groups is 2. The average molecular weight is 387 g/mol. The summed E-state index contributed by atoms with van der Waals surface area (Å²) in [6.45, 7) is 4.81. The average Bonchev–Trinajstić information content (AvgIpc) is 2.59. The second kappa shape index (κ2) is 10.8. The smallest absolute Gasteiger partial charge is 0.335 e. The SMILES string of the molecule is CCC(O)(c1cccc(O)c1)C(C)CN(C)C.O=C(O)C(O)C(O)C(=O)O. The third-order valence-electron chi connectivity index (χ3n) is 4.14. The van der Waals surface area contributed by atoms with Crippen LogP contribution >= 0.6 is 0 Å². The van der Waals surface area contributed by atoms with Gasteiger partial charge in [-0.05, 0) is 38.2 Å². The van der Waals surface area contributed by atoms with E-state index in [-0.39, 0.29) is 11.7 Å². The molecule has 0 heterocycles. The zero-order chi connectivity index (χ0) is 21.4. The molecular weight excluding hydrogens is 358 g/mol. The van der Waals surface area contributed by atoms with Gasteiger partial charge in [-0.25, -0.2) is 9.59 Å². The number of phenols is 1. The van der Waals surface area contributed by atoms with Crippen LogP contribution in [-0.2, 0) is 15.2 Å². The van der Waals surface area contributed by atoms with Gasteiger partial charge in [0.15, 0.2) is 12.2 Å². The molecule has 0 aliphatic carbocycles. The van der Waals surface area contributed by atoms with Gasteiger partial charge in [0.1, 0.15) is 5.75 Å². The molecule has 27 heavy (non-hydrogen) atoms. The van der Waals surface area contributed by atoms with Crippen molar-refractivity contribution in [2.24, 2.45) is 5.92 Å². The third kappa shape index (κ3) is 7.51. The molecule has 154 valence electrons. The van der Waals surface area contributed by atoms with Gasteiger partial charge >= 0.3 is 11.9 Å². The van der Waals surface area contributed by atoms with Crippen molar-refractivity contribution in [3.8, 4) is 5.75 Å². The number of aliphatic hydroxyl groups is 3. The molecule has 4 atom stereocenters. The maximum Gasteiger partial charge on any atom is 0.335 e. The topological polar surface area (TPSA) is 159 Å². The lowest BCUT2D eigenvalue weighted by molar-refractivity contribution is -0.165. The van der Waals surface area contributed by atoms with E-state index in [1.54, 1.807) is 18.2 Å². The minimum Gasteiger partial charge on any atom is -0.508 e. The zero-order valence-electron chi connectivity index (χ0n) is 15.9. The number of rotatable bonds is 8. The van der Waals surface area contributed by atoms with Crippen LogP contribution in [0.25, 0.3) is 0 Å². The summed E-state index contributed by atoms with van der Waals surface area (Å²) in [5.41, 5.74) is -0.0995. The Morgan fingerprint density at radius 2 is 1.59 bits per heavy atom. The fraction of sp³-hybridized carbons (Fsp3) is 0.556. The number of hydrogen-bond donors (Lipinski definition) is 6. The Bertz CT molecular complexity index is 603. The third-order valence-corrected chi connectivity index (χ3v) is 4.14. The van der Waals surface area contributed by atoms with Gasteiger partial charge in [0.25, 0.3) is 0 Å². The van der Waals surface area contributed by atoms with Crippen molar-refractivity contribution in [3.63, 3.8) is 0 Å². The standard InChI is InChI=1S/C14H23NO2.C4H6O6/c1-5-14(17,11(2)10-15(3)4)12-7-6-8-13(16)9-12;5-1(3(7)8)2(6)4(9)10/h6-9,11,16-17H,5,10H2,1-4H3;1-2,5-6H,(H,7,8)(H,9,10). The normalized spacial score (nSPS) is 16.4. The van der Waals surface area contributed by atoms with Crippen molar-refractivity contribution >= 4 is 11.9 Å². The molecule has 9 heteroatoms. The number of carboxylic acid groups (broad SMARTS) is 2. The van der Waals surface area contributed by atoms with E-state index in [9.17, 15) is 19.8 Å². The van der Waals surface area contributed by atoms with E-state index < -0.39 is 29.7 Å². The van der Waals surface area contributed by atoms with E-state index in [2.05, 4.69) is 4.90 Å². The van der Waals surface area contributed by atoms with E-state index in [0.29, 0.717) is 6.42 Å². The highest BCUT2D eigenvalue weighted by atomic mass is 16.4. The number of benzene rings is 1. The predicted octanol–water partition coefficient (Wildman–Crippen LogP) is 0.0649. The van der Waals surface area contributed by atoms with Crippen LogP contribution < -0.4 is 0 Å². The van der Waals surface area contributed by atoms with Crippen molar-refractivity contribution in [1.82, 2.24) is 4.90 Å². The van der Waals surface area contributed by atoms with Crippen LogP contribution in [0, 0.1) is 5.92 Å². The Balaban J connectivity index is 0.000000580. The summed E-state index contributed by atoms with van der Waals surface area (Å²) >= 11 is 0. The lowest BCUT2D eigenvalue weighted by atomic mass is 9.80. The maximum atomic E-state index is 10.8. The van der Waals surface area contributed by atoms with E-state index in [1.807, 2.05) is 34.0 Å². The van der Waals surface area contributed by atoms with Crippen molar-refractivity contribution in [3.05, 3.63) is 29.8 Å². The van der Waals surface area contributed by atoms with Gasteiger partial charge in [0.2, 0.25) is 0 Å². The second-order valence-electron chi connectivity index (χ2n) is 6.56. The number of aliphatic carboxylic acids is 2. The number of carboxylic acids is 2. The first-order chi connectivity index (χ1) is 12.4. The van der Waals surface area contributed by atoms with Gasteiger partial charge < -0.3 is 35.5 Å². The highest BCUT2D eigenvalue weighted by Crippen LogP contribution is 2.34. The molecule has 4 unspecified atom stereocenters. The molecule has 1 aromatic rings. The quantitative estimate of drug-likeness (QED) is 0.363. The summed E-state index contributed by atoms with van der Waals surface area (Å²) in [7, 11) is 3.99. The van der Waals surface area contributed by atoms with Gasteiger partial charge in [-0.3, -0.25) is 0 Å². The van der Waals surface area contributed by atoms with Gasteiger partial charge in [0, 0.05) is 12.5 Å². The van der Waals surface area contributed by atoms with Crippen LogP contribution in [-0.4, -0.2) is 80.3 Å². The summed E-state index contributed by atoms with van der Waals surface area (Å²) in [6, 6.07) is 6.91. The molecule has 0 aliphatic rings. The van der Waals surface area contributed by atoms with E-state index in [1.165, 1.54) is 0 Å². The molecular formula is C18H29NO8. The summed E-state index contributed by atoms with van der Waals surface area (Å²) < 4.78 is 0. The molecule has 1 aromatic carbocycles. The summed E-state index contributed by atoms with van der Waals surface area (Å²) in [5, 5.41) is 52.8. The predicted molar refractivity (Wildman–Crippen MR) is 97.3 cm³/mol. The zero-order valence-corrected chi connectivity index (χ0v) is 15.9. The van der Waals surface area contributed by atoms with Crippen LogP contribution in [0.15, 0.2) is 24.3 Å². The first-order valence-corrected chi connectivity index (χ1v) is 8.35. The van der Waals surface area contributed by atoms with Gasteiger partial charge in [-0.15, -0.1) is 0 Å². The lowest BCUT2D eigenvalue weighted by Crippen LogP contribution is -2.39. The monoisotopic (exact) mass is 387 g/mol. The fourth-order valence-electron chi connectivity index (χ4n) is 2.58. The number of aliphatic hydroxyl groups excluding tert-OH is 2. The van der Waals surface area contributed by atoms with Crippen LogP contribution in [0.5, 0.6) is 5.75 Å². The van der Waals surface area contributed by atoms with E-state index >= 15 is 0 Å². The maximum absolute atomic E-state index is 10.8. The molecule has 0 fully saturated rings. The lowest BCUT2D eigenvalue weighted by Gasteiger charge is -2.35. The number of phenolic OH excluding ortho intramolecular Hbond substituents is 1. The molecule has 0 saturated heterocycles. The Hall–Kier alpha value is -2.20. The first-order valence-electron chi connectivity index (χ1n) is 8.35. The molecule has 6 N–H and O–H groups in total. The summed E-state index contributed by atoms with van der Waals surface area (Å²) in [5.74, 6) is -3.24. The molecule has 0 saturated carbocycles. The summed E-state index contributed by atoms with van der Waals surface area (Å²) in [6.07, 6.45) is -3.90. The molecule has 9 nitrogen and oxygen atoms in total. The molecule has 0 bridgehead atoms. The Morgan fingerprint density at radius 3 is 1.93 bits per heavy atom. The molecule has 0 aliphatic heterocycles. The minimum atomic E-state index is -2.27. The number of aromatic hydroxyl groups is 1. The molecule has 0 spiro atoms. The van der Waals surface area contributed by atoms with E-state index in [4.69, 9.17) is 20.4 Å². The van der Waals surface area contributed by atoms with Crippen LogP contribution in [0.4, 0.5) is 0 Å². The number of nitrogens with zero attached hydrogens (tertiary/aromatic N) is 1. The Kier molecular flexibility index (Phi) is 9.95. The largest absolute Gasteiger partial charge is 0.508 e. The molecule has 0 amide bonds. The van der Waals surface area contributed by atoms with E-state index in [0.717, 1.165) is 12.1 Å². The molecule has 0 radical (unpaired) electrons. The van der Waals surface area contributed by atoms with Crippen LogP contribution in [0.3, 0.4) is 0 Å². The Labute approximate surface area is 158 Å². The van der Waals surface area contributed by atoms with Crippen molar-refractivity contribution in [1.29, 1.82) is 0 Å². The molecule has 0 aromatic heterocycles. The summed E-state index contributed by atoms with van der Waals surface area (Å²) in [4.78, 5) is 21.6. The van der Waals surface area contributed by atoms with Gasteiger partial charge in [-0.2, -0.15) is 0 Å². The van der Waals surface area contributed by atoms with Gasteiger partial charge in [0.05, 0.1) is 5.60 Å². The highest BCUT2D eigenvalue weighted by Gasteiger charge is 2.34. The Morgan fingerprint density at radius 1 is 1.11 bits per heavy atom. The first kappa shape index (κ1) is 24.8. The second-order valence-corrected chi connectivity index (χ2v) is 6.56. The number of hydrogen-bond acceptors (Lipinski definition) is 7. The fourth-order valence-corrected chi connectivity index (χ4v) is 2.58. The van der Waals surface area contributed by atoms with Crippen molar-refractivity contribution in [2.45, 2.75) is 38.1 Å². The van der Waals surface area contributed by atoms with Crippen molar-refractivity contribution in [2.75, 3.05) is 20.6 Å². The molecule has 1 rings (SSSR count). The minimum absolute atomic E-state index is 0.101. The van der Waals surface area contributed by atoms with Crippen molar-refractivity contribution < 1.29 is 40.2 Å².